The van der Waals surface area contributed by atoms with Gasteiger partial charge in [0.15, 0.2) is 0 Å². The van der Waals surface area contributed by atoms with E-state index in [-0.39, 0.29) is 17.5 Å². The largest absolute Gasteiger partial charge is 0.462 e. The fourth-order valence-electron chi connectivity index (χ4n) is 7.04. The van der Waals surface area contributed by atoms with E-state index < -0.39 is 0 Å². The van der Waals surface area contributed by atoms with Crippen molar-refractivity contribution in [1.29, 1.82) is 0 Å². The second-order valence-electron chi connectivity index (χ2n) is 9.19. The molecule has 0 aromatic heterocycles. The summed E-state index contributed by atoms with van der Waals surface area (Å²) in [5, 5.41) is 0. The minimum absolute atomic E-state index is 0.0935. The maximum Gasteiger partial charge on any atom is 0.302 e. The molecule has 0 radical (unpaired) electrons. The molecule has 128 valence electrons. The average molecular weight is 316 g/mol. The van der Waals surface area contributed by atoms with Gasteiger partial charge in [0.1, 0.15) is 6.10 Å². The van der Waals surface area contributed by atoms with Gasteiger partial charge in [-0.15, -0.1) is 0 Å². The molecule has 3 saturated carbocycles. The Kier molecular flexibility index (Phi) is 3.66. The second-order valence-corrected chi connectivity index (χ2v) is 9.19. The van der Waals surface area contributed by atoms with Crippen molar-refractivity contribution in [3.05, 3.63) is 11.6 Å². The lowest BCUT2D eigenvalue weighted by atomic mass is 9.48. The number of carbonyl (C=O) groups excluding carboxylic acids is 1. The third-order valence-corrected chi connectivity index (χ3v) is 8.24. The first-order valence-electron chi connectivity index (χ1n) is 9.82. The molecule has 4 aliphatic rings. The summed E-state index contributed by atoms with van der Waals surface area (Å²) < 4.78 is 5.74. The lowest BCUT2D eigenvalue weighted by Crippen LogP contribution is -2.50. The zero-order valence-electron chi connectivity index (χ0n) is 15.1. The highest BCUT2D eigenvalue weighted by atomic mass is 16.5. The summed E-state index contributed by atoms with van der Waals surface area (Å²) in [7, 11) is 0. The first kappa shape index (κ1) is 15.7. The fraction of sp³-hybridized carbons (Fsp3) is 0.857. The molecule has 0 unspecified atom stereocenters. The number of ether oxygens (including phenoxy) is 1. The molecule has 0 aromatic carbocycles. The van der Waals surface area contributed by atoms with E-state index in [4.69, 9.17) is 4.74 Å². The molecule has 0 amide bonds. The highest BCUT2D eigenvalue weighted by Crippen LogP contribution is 2.65. The summed E-state index contributed by atoms with van der Waals surface area (Å²) in [6.45, 7) is 6.55. The van der Waals surface area contributed by atoms with Gasteiger partial charge in [-0.3, -0.25) is 4.79 Å². The van der Waals surface area contributed by atoms with E-state index in [2.05, 4.69) is 19.9 Å². The predicted octanol–water partition coefficient (Wildman–Crippen LogP) is 5.27. The smallest absolute Gasteiger partial charge is 0.302 e. The zero-order chi connectivity index (χ0) is 16.2. The normalized spacial score (nSPS) is 48.7. The van der Waals surface area contributed by atoms with E-state index in [1.54, 1.807) is 12.5 Å². The molecule has 2 nitrogen and oxygen atoms in total. The average Bonchev–Trinajstić information content (AvgIpc) is 2.83. The number of carbonyl (C=O) groups is 1. The van der Waals surface area contributed by atoms with Gasteiger partial charge >= 0.3 is 5.97 Å². The minimum Gasteiger partial charge on any atom is -0.462 e. The molecule has 6 atom stereocenters. The Morgan fingerprint density at radius 2 is 1.96 bits per heavy atom. The van der Waals surface area contributed by atoms with Crippen LogP contribution in [-0.2, 0) is 9.53 Å². The van der Waals surface area contributed by atoms with E-state index in [0.717, 1.165) is 24.2 Å². The lowest BCUT2D eigenvalue weighted by Gasteiger charge is -2.57. The van der Waals surface area contributed by atoms with Crippen LogP contribution in [0.2, 0.25) is 0 Å². The van der Waals surface area contributed by atoms with Crippen LogP contribution in [0.25, 0.3) is 0 Å². The Bertz CT molecular complexity index is 536. The van der Waals surface area contributed by atoms with Gasteiger partial charge in [0.25, 0.3) is 0 Å². The molecule has 0 saturated heterocycles. The highest BCUT2D eigenvalue weighted by Gasteiger charge is 2.59. The number of allylic oxidation sites excluding steroid dienone is 2. The first-order chi connectivity index (χ1) is 10.9. The fourth-order valence-corrected chi connectivity index (χ4v) is 7.04. The van der Waals surface area contributed by atoms with Gasteiger partial charge in [0.05, 0.1) is 0 Å². The maximum absolute atomic E-state index is 11.5. The van der Waals surface area contributed by atoms with Gasteiger partial charge in [0, 0.05) is 12.3 Å². The van der Waals surface area contributed by atoms with Gasteiger partial charge in [-0.1, -0.05) is 31.9 Å². The molecule has 2 heteroatoms. The maximum atomic E-state index is 11.5. The summed E-state index contributed by atoms with van der Waals surface area (Å²) in [6, 6.07) is 0. The second kappa shape index (κ2) is 5.36. The molecule has 0 bridgehead atoms. The highest BCUT2D eigenvalue weighted by molar-refractivity contribution is 5.66. The molecule has 0 aliphatic heterocycles. The topological polar surface area (TPSA) is 26.3 Å². The standard InChI is InChI=1S/C21H32O2/c1-14(22)23-19-10-9-17-16-8-7-15-6-4-5-12-20(15,2)18(16)11-13-21(17,19)3/h7,16-19H,4-6,8-13H2,1-3H3/t16-,17-,18-,19+,20-,21-/m0/s1. The van der Waals surface area contributed by atoms with Crippen molar-refractivity contribution in [2.45, 2.75) is 84.7 Å². The molecule has 4 aliphatic carbocycles. The molecule has 0 spiro atoms. The van der Waals surface area contributed by atoms with Crippen LogP contribution >= 0.6 is 0 Å². The van der Waals surface area contributed by atoms with E-state index >= 15 is 0 Å². The third kappa shape index (κ3) is 2.23. The van der Waals surface area contributed by atoms with Crippen molar-refractivity contribution in [2.75, 3.05) is 0 Å². The molecule has 3 fully saturated rings. The van der Waals surface area contributed by atoms with E-state index in [1.165, 1.54) is 51.4 Å². The van der Waals surface area contributed by atoms with Crippen LogP contribution in [0.1, 0.15) is 78.6 Å². The van der Waals surface area contributed by atoms with Crippen molar-refractivity contribution in [3.8, 4) is 0 Å². The summed E-state index contributed by atoms with van der Waals surface area (Å²) >= 11 is 0. The molecule has 4 rings (SSSR count). The van der Waals surface area contributed by atoms with E-state index in [1.807, 2.05) is 0 Å². The van der Waals surface area contributed by atoms with Crippen LogP contribution < -0.4 is 0 Å². The molecule has 0 heterocycles. The van der Waals surface area contributed by atoms with Crippen molar-refractivity contribution < 1.29 is 9.53 Å². The lowest BCUT2D eigenvalue weighted by molar-refractivity contribution is -0.156. The van der Waals surface area contributed by atoms with Crippen molar-refractivity contribution in [2.24, 2.45) is 28.6 Å². The molecule has 23 heavy (non-hydrogen) atoms. The van der Waals surface area contributed by atoms with Crippen molar-refractivity contribution in [3.63, 3.8) is 0 Å². The Morgan fingerprint density at radius 3 is 2.74 bits per heavy atom. The van der Waals surface area contributed by atoms with Crippen LogP contribution in [0, 0.1) is 28.6 Å². The van der Waals surface area contributed by atoms with Gasteiger partial charge in [-0.2, -0.15) is 0 Å². The summed E-state index contributed by atoms with van der Waals surface area (Å²) in [6.07, 6.45) is 14.5. The van der Waals surface area contributed by atoms with Crippen LogP contribution in [-0.4, -0.2) is 12.1 Å². The van der Waals surface area contributed by atoms with E-state index in [9.17, 15) is 4.79 Å². The predicted molar refractivity (Wildman–Crippen MR) is 91.9 cm³/mol. The van der Waals surface area contributed by atoms with Crippen LogP contribution in [0.15, 0.2) is 11.6 Å². The number of esters is 1. The summed E-state index contributed by atoms with van der Waals surface area (Å²) in [4.78, 5) is 11.5. The minimum atomic E-state index is -0.0935. The van der Waals surface area contributed by atoms with Gasteiger partial charge in [-0.05, 0) is 74.5 Å². The molecular formula is C21H32O2. The van der Waals surface area contributed by atoms with Crippen LogP contribution in [0.4, 0.5) is 0 Å². The SMILES string of the molecule is CC(=O)O[C@@H]1CC[C@H]2[C@@H]3CC=C4CCCC[C@]4(C)[C@H]3CC[C@]12C. The summed E-state index contributed by atoms with van der Waals surface area (Å²) in [5.74, 6) is 2.35. The monoisotopic (exact) mass is 316 g/mol. The van der Waals surface area contributed by atoms with E-state index in [0.29, 0.717) is 5.41 Å². The number of rotatable bonds is 1. The Labute approximate surface area is 141 Å². The van der Waals surface area contributed by atoms with Crippen LogP contribution in [0.5, 0.6) is 0 Å². The number of hydrogen-bond donors (Lipinski definition) is 0. The number of hydrogen-bond acceptors (Lipinski definition) is 2. The first-order valence-corrected chi connectivity index (χ1v) is 9.82. The van der Waals surface area contributed by atoms with Crippen LogP contribution in [0.3, 0.4) is 0 Å². The quantitative estimate of drug-likeness (QED) is 0.486. The van der Waals surface area contributed by atoms with Gasteiger partial charge in [0.2, 0.25) is 0 Å². The zero-order valence-corrected chi connectivity index (χ0v) is 15.1. The molecule has 0 N–H and O–H groups in total. The Hall–Kier alpha value is -0.790. The van der Waals surface area contributed by atoms with Gasteiger partial charge in [-0.25, -0.2) is 0 Å². The molecule has 0 aromatic rings. The summed E-state index contributed by atoms with van der Waals surface area (Å²) in [5.41, 5.74) is 2.48. The Morgan fingerprint density at radius 1 is 1.13 bits per heavy atom. The third-order valence-electron chi connectivity index (χ3n) is 8.24. The molecular weight excluding hydrogens is 284 g/mol. The Balaban J connectivity index is 1.62. The van der Waals surface area contributed by atoms with Gasteiger partial charge < -0.3 is 4.74 Å². The number of fused-ring (bicyclic) bond motifs is 5. The van der Waals surface area contributed by atoms with Crippen molar-refractivity contribution in [1.82, 2.24) is 0 Å². The van der Waals surface area contributed by atoms with Crippen molar-refractivity contribution >= 4 is 5.97 Å².